The zero-order valence-corrected chi connectivity index (χ0v) is 11.3. The highest BCUT2D eigenvalue weighted by Gasteiger charge is 2.10. The van der Waals surface area contributed by atoms with E-state index in [0.29, 0.717) is 6.04 Å². The van der Waals surface area contributed by atoms with Crippen LogP contribution in [0.25, 0.3) is 0 Å². The van der Waals surface area contributed by atoms with E-state index < -0.39 is 0 Å². The first kappa shape index (κ1) is 12.5. The van der Waals surface area contributed by atoms with E-state index in [0.717, 1.165) is 13.0 Å². The molecule has 2 heteroatoms. The highest BCUT2D eigenvalue weighted by molar-refractivity contribution is 14.1. The van der Waals surface area contributed by atoms with Gasteiger partial charge in [0.2, 0.25) is 0 Å². The molecule has 1 nitrogen and oxygen atoms in total. The lowest BCUT2D eigenvalue weighted by Gasteiger charge is -2.17. The molecule has 0 saturated carbocycles. The van der Waals surface area contributed by atoms with Crippen LogP contribution in [0.4, 0.5) is 0 Å². The van der Waals surface area contributed by atoms with Crippen molar-refractivity contribution in [3.8, 4) is 11.8 Å². The van der Waals surface area contributed by atoms with Gasteiger partial charge in [0, 0.05) is 16.0 Å². The molecule has 0 aliphatic carbocycles. The summed E-state index contributed by atoms with van der Waals surface area (Å²) in [6, 6.07) is 8.82. The van der Waals surface area contributed by atoms with Gasteiger partial charge in [-0.05, 0) is 47.7 Å². The van der Waals surface area contributed by atoms with Crippen LogP contribution in [0.15, 0.2) is 24.3 Å². The molecule has 0 bridgehead atoms. The monoisotopic (exact) mass is 313 g/mol. The summed E-state index contributed by atoms with van der Waals surface area (Å²) in [5, 5.41) is 3.47. The Morgan fingerprint density at radius 1 is 1.40 bits per heavy atom. The molecule has 0 heterocycles. The average molecular weight is 313 g/mol. The molecule has 0 radical (unpaired) electrons. The normalized spacial score (nSPS) is 11.7. The van der Waals surface area contributed by atoms with Crippen molar-refractivity contribution in [2.45, 2.75) is 26.3 Å². The molecule has 0 spiro atoms. The summed E-state index contributed by atoms with van der Waals surface area (Å²) in [6.45, 7) is 4.99. The first-order valence-electron chi connectivity index (χ1n) is 5.17. The van der Waals surface area contributed by atoms with E-state index in [1.807, 2.05) is 6.92 Å². The highest BCUT2D eigenvalue weighted by Crippen LogP contribution is 2.21. The van der Waals surface area contributed by atoms with Crippen molar-refractivity contribution < 1.29 is 0 Å². The SMILES string of the molecule is CC#CCC(NCC)c1ccccc1I. The molecule has 1 unspecified atom stereocenters. The Kier molecular flexibility index (Phi) is 5.74. The van der Waals surface area contributed by atoms with Crippen molar-refractivity contribution >= 4 is 22.6 Å². The molecule has 0 aliphatic heterocycles. The number of hydrogen-bond donors (Lipinski definition) is 1. The second-order valence-electron chi connectivity index (χ2n) is 3.26. The molecular weight excluding hydrogens is 297 g/mol. The van der Waals surface area contributed by atoms with Gasteiger partial charge in [0.05, 0.1) is 0 Å². The Morgan fingerprint density at radius 2 is 2.13 bits per heavy atom. The quantitative estimate of drug-likeness (QED) is 0.664. The molecule has 0 amide bonds. The molecule has 1 N–H and O–H groups in total. The number of nitrogens with one attached hydrogen (secondary N) is 1. The third kappa shape index (κ3) is 3.84. The van der Waals surface area contributed by atoms with Gasteiger partial charge >= 0.3 is 0 Å². The maximum atomic E-state index is 3.47. The van der Waals surface area contributed by atoms with E-state index >= 15 is 0 Å². The Morgan fingerprint density at radius 3 is 2.73 bits per heavy atom. The zero-order chi connectivity index (χ0) is 11.1. The zero-order valence-electron chi connectivity index (χ0n) is 9.18. The van der Waals surface area contributed by atoms with Crippen LogP contribution >= 0.6 is 22.6 Å². The van der Waals surface area contributed by atoms with Crippen molar-refractivity contribution in [3.63, 3.8) is 0 Å². The van der Waals surface area contributed by atoms with E-state index in [1.54, 1.807) is 0 Å². The Hall–Kier alpha value is -0.530. The van der Waals surface area contributed by atoms with E-state index in [-0.39, 0.29) is 0 Å². The minimum atomic E-state index is 0.357. The van der Waals surface area contributed by atoms with Crippen molar-refractivity contribution in [2.75, 3.05) is 6.54 Å². The van der Waals surface area contributed by atoms with Crippen molar-refractivity contribution in [1.29, 1.82) is 0 Å². The molecular formula is C13H16IN. The fraction of sp³-hybridized carbons (Fsp3) is 0.385. The van der Waals surface area contributed by atoms with Gasteiger partial charge in [-0.2, -0.15) is 0 Å². The minimum absolute atomic E-state index is 0.357. The summed E-state index contributed by atoms with van der Waals surface area (Å²) in [4.78, 5) is 0. The molecule has 1 aromatic carbocycles. The summed E-state index contributed by atoms with van der Waals surface area (Å²) in [5.74, 6) is 6.10. The van der Waals surface area contributed by atoms with E-state index in [9.17, 15) is 0 Å². The minimum Gasteiger partial charge on any atom is -0.309 e. The largest absolute Gasteiger partial charge is 0.309 e. The number of halogens is 1. The average Bonchev–Trinajstić information content (AvgIpc) is 2.25. The molecule has 15 heavy (non-hydrogen) atoms. The molecule has 80 valence electrons. The first-order chi connectivity index (χ1) is 7.29. The summed E-state index contributed by atoms with van der Waals surface area (Å²) >= 11 is 2.38. The lowest BCUT2D eigenvalue weighted by Crippen LogP contribution is -2.21. The van der Waals surface area contributed by atoms with Crippen LogP contribution in [0.1, 0.15) is 31.9 Å². The standard InChI is InChI=1S/C13H16IN/c1-3-5-10-13(15-4-2)11-8-6-7-9-12(11)14/h6-9,13,15H,4,10H2,1-2H3. The van der Waals surface area contributed by atoms with Crippen LogP contribution in [-0.4, -0.2) is 6.54 Å². The van der Waals surface area contributed by atoms with E-state index in [2.05, 4.69) is 70.9 Å². The smallest absolute Gasteiger partial charge is 0.0441 e. The lowest BCUT2D eigenvalue weighted by atomic mass is 10.0. The molecule has 1 atom stereocenters. The van der Waals surface area contributed by atoms with Gasteiger partial charge in [0.15, 0.2) is 0 Å². The van der Waals surface area contributed by atoms with Crippen LogP contribution in [0.2, 0.25) is 0 Å². The summed E-state index contributed by atoms with van der Waals surface area (Å²) in [7, 11) is 0. The molecule has 0 saturated heterocycles. The fourth-order valence-electron chi connectivity index (χ4n) is 1.50. The van der Waals surface area contributed by atoms with Crippen LogP contribution in [-0.2, 0) is 0 Å². The maximum absolute atomic E-state index is 3.47. The van der Waals surface area contributed by atoms with Gasteiger partial charge in [-0.25, -0.2) is 0 Å². The molecule has 0 fully saturated rings. The number of rotatable bonds is 4. The van der Waals surface area contributed by atoms with Crippen molar-refractivity contribution in [3.05, 3.63) is 33.4 Å². The third-order valence-electron chi connectivity index (χ3n) is 2.21. The van der Waals surface area contributed by atoms with Gasteiger partial charge in [0.25, 0.3) is 0 Å². The predicted octanol–water partition coefficient (Wildman–Crippen LogP) is 3.36. The van der Waals surface area contributed by atoms with Crippen molar-refractivity contribution in [1.82, 2.24) is 5.32 Å². The van der Waals surface area contributed by atoms with Gasteiger partial charge in [-0.15, -0.1) is 11.8 Å². The number of benzene rings is 1. The van der Waals surface area contributed by atoms with Gasteiger partial charge in [-0.3, -0.25) is 0 Å². The van der Waals surface area contributed by atoms with Gasteiger partial charge in [0.1, 0.15) is 0 Å². The Balaban J connectivity index is 2.86. The van der Waals surface area contributed by atoms with Crippen LogP contribution in [0.3, 0.4) is 0 Å². The lowest BCUT2D eigenvalue weighted by molar-refractivity contribution is 0.563. The molecule has 0 aliphatic rings. The van der Waals surface area contributed by atoms with E-state index in [1.165, 1.54) is 9.13 Å². The molecule has 1 rings (SSSR count). The third-order valence-corrected chi connectivity index (χ3v) is 3.20. The number of hydrogen-bond acceptors (Lipinski definition) is 1. The second-order valence-corrected chi connectivity index (χ2v) is 4.42. The van der Waals surface area contributed by atoms with Crippen LogP contribution < -0.4 is 5.32 Å². The van der Waals surface area contributed by atoms with Gasteiger partial charge < -0.3 is 5.32 Å². The summed E-state index contributed by atoms with van der Waals surface area (Å²) in [5.41, 5.74) is 1.35. The Bertz CT molecular complexity index is 362. The summed E-state index contributed by atoms with van der Waals surface area (Å²) in [6.07, 6.45) is 0.879. The van der Waals surface area contributed by atoms with Crippen LogP contribution in [0.5, 0.6) is 0 Å². The second kappa shape index (κ2) is 6.86. The van der Waals surface area contributed by atoms with Crippen LogP contribution in [0, 0.1) is 15.4 Å². The summed E-state index contributed by atoms with van der Waals surface area (Å²) < 4.78 is 1.30. The predicted molar refractivity (Wildman–Crippen MR) is 73.6 cm³/mol. The van der Waals surface area contributed by atoms with Gasteiger partial charge in [-0.1, -0.05) is 25.1 Å². The molecule has 0 aromatic heterocycles. The van der Waals surface area contributed by atoms with Crippen molar-refractivity contribution in [2.24, 2.45) is 0 Å². The first-order valence-corrected chi connectivity index (χ1v) is 6.24. The topological polar surface area (TPSA) is 12.0 Å². The molecule has 1 aromatic rings. The Labute approximate surface area is 106 Å². The van der Waals surface area contributed by atoms with E-state index in [4.69, 9.17) is 0 Å². The fourth-order valence-corrected chi connectivity index (χ4v) is 2.26. The highest BCUT2D eigenvalue weighted by atomic mass is 127. The maximum Gasteiger partial charge on any atom is 0.0441 e.